The lowest BCUT2D eigenvalue weighted by molar-refractivity contribution is -0.274. The van der Waals surface area contributed by atoms with Crippen molar-refractivity contribution in [3.05, 3.63) is 88.8 Å². The van der Waals surface area contributed by atoms with E-state index in [0.29, 0.717) is 29.3 Å². The van der Waals surface area contributed by atoms with E-state index in [2.05, 4.69) is 37.0 Å². The molecule has 0 saturated carbocycles. The molecule has 0 bridgehead atoms. The van der Waals surface area contributed by atoms with Crippen molar-refractivity contribution in [2.24, 2.45) is 5.41 Å². The van der Waals surface area contributed by atoms with Gasteiger partial charge in [0.25, 0.3) is 5.91 Å². The van der Waals surface area contributed by atoms with E-state index in [1.807, 2.05) is 19.1 Å². The highest BCUT2D eigenvalue weighted by Crippen LogP contribution is 2.43. The van der Waals surface area contributed by atoms with Crippen molar-refractivity contribution < 1.29 is 22.7 Å². The van der Waals surface area contributed by atoms with Crippen molar-refractivity contribution in [1.29, 1.82) is 0 Å². The summed E-state index contributed by atoms with van der Waals surface area (Å²) < 4.78 is 43.0. The Hall–Kier alpha value is -3.92. The van der Waals surface area contributed by atoms with Gasteiger partial charge in [-0.2, -0.15) is 0 Å². The Balaban J connectivity index is 0.999. The topological polar surface area (TPSA) is 62.1 Å². The van der Waals surface area contributed by atoms with Crippen molar-refractivity contribution in [3.8, 4) is 5.75 Å². The molecule has 1 spiro atoms. The third-order valence-corrected chi connectivity index (χ3v) is 8.51. The molecule has 42 heavy (non-hydrogen) atoms. The normalized spacial score (nSPS) is 16.5. The second-order valence-corrected chi connectivity index (χ2v) is 11.5. The van der Waals surface area contributed by atoms with Crippen molar-refractivity contribution >= 4 is 34.5 Å². The third-order valence-electron chi connectivity index (χ3n) is 8.28. The molecular formula is C31H31ClF3N5O2. The minimum atomic E-state index is -4.68. The van der Waals surface area contributed by atoms with Crippen molar-refractivity contribution in [1.82, 2.24) is 14.7 Å². The molecule has 2 aliphatic heterocycles. The van der Waals surface area contributed by atoms with Crippen molar-refractivity contribution in [2.45, 2.75) is 39.1 Å². The maximum Gasteiger partial charge on any atom is 0.573 e. The standard InChI is InChI=1S/C31H31ClF3N5O2/c1-2-26-28(40-14-11-22(32)17-27(40)37-26)29(41)36-18-21-3-5-23(6-4-21)38-15-12-30(13-16-38)19-39(20-30)24-7-9-25(10-8-24)42-31(33,34)35/h3-11,14,17H,2,12-13,15-16,18-20H2,1H3,(H,36,41). The molecule has 4 heterocycles. The van der Waals surface area contributed by atoms with Crippen LogP contribution >= 0.6 is 11.6 Å². The van der Waals surface area contributed by atoms with E-state index in [1.165, 1.54) is 12.1 Å². The van der Waals surface area contributed by atoms with Gasteiger partial charge in [-0.15, -0.1) is 13.2 Å². The number of benzene rings is 2. The monoisotopic (exact) mass is 597 g/mol. The van der Waals surface area contributed by atoms with Gasteiger partial charge >= 0.3 is 6.36 Å². The number of pyridine rings is 1. The average Bonchev–Trinajstić information content (AvgIpc) is 3.32. The number of nitrogens with zero attached hydrogens (tertiary/aromatic N) is 4. The number of alkyl halides is 3. The van der Waals surface area contributed by atoms with Crippen molar-refractivity contribution in [2.75, 3.05) is 36.0 Å². The zero-order chi connectivity index (χ0) is 29.5. The minimum absolute atomic E-state index is 0.174. The van der Waals surface area contributed by atoms with Gasteiger partial charge in [0, 0.05) is 66.8 Å². The van der Waals surface area contributed by atoms with E-state index in [-0.39, 0.29) is 17.1 Å². The number of aromatic nitrogens is 2. The van der Waals surface area contributed by atoms with Gasteiger partial charge in [0.2, 0.25) is 0 Å². The first-order valence-electron chi connectivity index (χ1n) is 14.0. The Kier molecular flexibility index (Phi) is 7.43. The SMILES string of the molecule is CCc1nc2cc(Cl)ccn2c1C(=O)NCc1ccc(N2CCC3(CC2)CN(c2ccc(OC(F)(F)F)cc2)C3)cc1. The van der Waals surface area contributed by atoms with Crippen LogP contribution in [0.4, 0.5) is 24.5 Å². The lowest BCUT2D eigenvalue weighted by Gasteiger charge is -2.55. The third kappa shape index (κ3) is 5.86. The smallest absolute Gasteiger partial charge is 0.406 e. The molecule has 2 saturated heterocycles. The van der Waals surface area contributed by atoms with Crippen LogP contribution in [0, 0.1) is 5.41 Å². The van der Waals surface area contributed by atoms with Crippen LogP contribution in [0.1, 0.15) is 41.5 Å². The molecule has 6 rings (SSSR count). The number of anilines is 2. The number of amides is 1. The molecule has 2 aromatic heterocycles. The molecule has 2 aliphatic rings. The van der Waals surface area contributed by atoms with Crippen LogP contribution in [0.25, 0.3) is 5.65 Å². The molecule has 4 aromatic rings. The highest BCUT2D eigenvalue weighted by molar-refractivity contribution is 6.30. The quantitative estimate of drug-likeness (QED) is 0.264. The molecule has 2 aromatic carbocycles. The number of ether oxygens (including phenoxy) is 1. The summed E-state index contributed by atoms with van der Waals surface area (Å²) in [7, 11) is 0. The summed E-state index contributed by atoms with van der Waals surface area (Å²) >= 11 is 6.10. The zero-order valence-electron chi connectivity index (χ0n) is 23.1. The number of hydrogen-bond donors (Lipinski definition) is 1. The summed E-state index contributed by atoms with van der Waals surface area (Å²) in [6.45, 7) is 6.07. The van der Waals surface area contributed by atoms with Crippen LogP contribution in [0.2, 0.25) is 5.02 Å². The van der Waals surface area contributed by atoms with Crippen LogP contribution in [-0.2, 0) is 13.0 Å². The van der Waals surface area contributed by atoms with E-state index in [4.69, 9.17) is 11.6 Å². The average molecular weight is 598 g/mol. The number of rotatable bonds is 7. The molecule has 0 radical (unpaired) electrons. The largest absolute Gasteiger partial charge is 0.573 e. The predicted molar refractivity (Wildman–Crippen MR) is 156 cm³/mol. The summed E-state index contributed by atoms with van der Waals surface area (Å²) in [5.74, 6) is -0.376. The number of piperidine rings is 1. The Morgan fingerprint density at radius 1 is 1.00 bits per heavy atom. The molecule has 0 unspecified atom stereocenters. The number of halogens is 4. The second kappa shape index (κ2) is 11.1. The molecule has 1 amide bonds. The lowest BCUT2D eigenvalue weighted by atomic mass is 9.71. The Morgan fingerprint density at radius 2 is 1.64 bits per heavy atom. The van der Waals surface area contributed by atoms with E-state index in [0.717, 1.165) is 61.7 Å². The highest BCUT2D eigenvalue weighted by atomic mass is 35.5. The van der Waals surface area contributed by atoms with Crippen LogP contribution in [0.5, 0.6) is 5.75 Å². The summed E-state index contributed by atoms with van der Waals surface area (Å²) in [5.41, 5.74) is 5.24. The first-order valence-corrected chi connectivity index (χ1v) is 14.4. The van der Waals surface area contributed by atoms with Gasteiger partial charge in [-0.05, 0) is 67.3 Å². The molecule has 0 atom stereocenters. The van der Waals surface area contributed by atoms with E-state index < -0.39 is 6.36 Å². The maximum atomic E-state index is 13.1. The van der Waals surface area contributed by atoms with Gasteiger partial charge < -0.3 is 19.9 Å². The van der Waals surface area contributed by atoms with Gasteiger partial charge in [0.1, 0.15) is 17.1 Å². The number of carbonyl (C=O) groups is 1. The Bertz CT molecular complexity index is 1570. The fourth-order valence-electron chi connectivity index (χ4n) is 6.01. The first-order chi connectivity index (χ1) is 20.1. The first kappa shape index (κ1) is 28.2. The lowest BCUT2D eigenvalue weighted by Crippen LogP contribution is -2.60. The number of aryl methyl sites for hydroxylation is 1. The molecule has 220 valence electrons. The molecule has 0 aliphatic carbocycles. The van der Waals surface area contributed by atoms with Gasteiger partial charge in [0.05, 0.1) is 5.69 Å². The van der Waals surface area contributed by atoms with Gasteiger partial charge in [0.15, 0.2) is 0 Å². The summed E-state index contributed by atoms with van der Waals surface area (Å²) in [6.07, 6.45) is -0.161. The predicted octanol–water partition coefficient (Wildman–Crippen LogP) is 6.49. The Morgan fingerprint density at radius 3 is 2.29 bits per heavy atom. The van der Waals surface area contributed by atoms with Crippen LogP contribution in [0.15, 0.2) is 66.9 Å². The van der Waals surface area contributed by atoms with E-state index in [9.17, 15) is 18.0 Å². The number of hydrogen-bond acceptors (Lipinski definition) is 5. The van der Waals surface area contributed by atoms with Crippen molar-refractivity contribution in [3.63, 3.8) is 0 Å². The fourth-order valence-corrected chi connectivity index (χ4v) is 6.16. The fraction of sp³-hybridized carbons (Fsp3) is 0.355. The number of imidazole rings is 1. The molecule has 11 heteroatoms. The van der Waals surface area contributed by atoms with Crippen LogP contribution in [-0.4, -0.2) is 47.8 Å². The number of carbonyl (C=O) groups excluding carboxylic acids is 1. The van der Waals surface area contributed by atoms with Crippen LogP contribution < -0.4 is 19.9 Å². The number of fused-ring (bicyclic) bond motifs is 1. The van der Waals surface area contributed by atoms with E-state index in [1.54, 1.807) is 34.9 Å². The molecule has 1 N–H and O–H groups in total. The van der Waals surface area contributed by atoms with Gasteiger partial charge in [-0.1, -0.05) is 30.7 Å². The Labute approximate surface area is 246 Å². The van der Waals surface area contributed by atoms with Crippen LogP contribution in [0.3, 0.4) is 0 Å². The summed E-state index contributed by atoms with van der Waals surface area (Å²) in [6, 6.07) is 17.9. The van der Waals surface area contributed by atoms with E-state index >= 15 is 0 Å². The second-order valence-electron chi connectivity index (χ2n) is 11.1. The van der Waals surface area contributed by atoms with Gasteiger partial charge in [-0.25, -0.2) is 4.98 Å². The highest BCUT2D eigenvalue weighted by Gasteiger charge is 2.45. The van der Waals surface area contributed by atoms with Gasteiger partial charge in [-0.3, -0.25) is 9.20 Å². The maximum absolute atomic E-state index is 13.1. The number of nitrogens with one attached hydrogen (secondary N) is 1. The molecule has 7 nitrogen and oxygen atoms in total. The molecular weight excluding hydrogens is 567 g/mol. The minimum Gasteiger partial charge on any atom is -0.406 e. The summed E-state index contributed by atoms with van der Waals surface area (Å²) in [4.78, 5) is 22.2. The zero-order valence-corrected chi connectivity index (χ0v) is 23.9. The molecule has 2 fully saturated rings. The summed E-state index contributed by atoms with van der Waals surface area (Å²) in [5, 5.41) is 3.61.